The number of carbonyl (C=O) groups excluding carboxylic acids is 8. The van der Waals surface area contributed by atoms with Crippen molar-refractivity contribution in [2.75, 3.05) is 13.2 Å². The number of hydrogen-bond donors (Lipinski definition) is 25. The summed E-state index contributed by atoms with van der Waals surface area (Å²) in [6, 6.07) is 2.98. The molecule has 112 heavy (non-hydrogen) atoms. The van der Waals surface area contributed by atoms with E-state index < -0.39 is 344 Å². The number of hydrogen-bond acceptors (Lipinski definition) is 44. The third kappa shape index (κ3) is 12.0. The highest BCUT2D eigenvalue weighted by Crippen LogP contribution is 2.59. The average Bonchev–Trinajstić information content (AvgIpc) is 1.07. The molecule has 25 N–H and O–H groups in total. The first kappa shape index (κ1) is 74.8. The van der Waals surface area contributed by atoms with Crippen LogP contribution < -0.4 is 4.74 Å². The molecule has 10 atom stereocenters. The molecule has 0 amide bonds. The van der Waals surface area contributed by atoms with Crippen LogP contribution in [0.1, 0.15) is 82.9 Å². The Labute approximate surface area is 614 Å². The first-order valence-corrected chi connectivity index (χ1v) is 31.2. The van der Waals surface area contributed by atoms with E-state index in [1.165, 1.54) is 0 Å². The van der Waals surface area contributed by atoms with Crippen molar-refractivity contribution in [3.63, 3.8) is 0 Å². The van der Waals surface area contributed by atoms with Gasteiger partial charge in [0.25, 0.3) is 0 Å². The molecule has 0 bridgehead atoms. The van der Waals surface area contributed by atoms with Crippen LogP contribution in [0.3, 0.4) is 0 Å². The van der Waals surface area contributed by atoms with E-state index in [1.807, 2.05) is 0 Å². The molecule has 584 valence electrons. The second-order valence-corrected chi connectivity index (χ2v) is 24.6. The molecule has 0 saturated carbocycles. The summed E-state index contributed by atoms with van der Waals surface area (Å²) < 4.78 is 61.2. The molecular formula is C68H48O44. The summed E-state index contributed by atoms with van der Waals surface area (Å²) >= 11 is 0. The Morgan fingerprint density at radius 2 is 0.616 bits per heavy atom. The number of esters is 8. The molecule has 5 heterocycles. The summed E-state index contributed by atoms with van der Waals surface area (Å²) in [5.41, 5.74) is -17.1. The lowest BCUT2D eigenvalue weighted by Crippen LogP contribution is -2.62. The number of aliphatic hydroxyl groups is 2. The number of fused-ring (bicyclic) bond motifs is 13. The minimum atomic E-state index is -2.89. The number of phenols is 23. The third-order valence-electron chi connectivity index (χ3n) is 18.0. The third-order valence-corrected chi connectivity index (χ3v) is 18.0. The maximum atomic E-state index is 15.1. The van der Waals surface area contributed by atoms with Gasteiger partial charge in [-0.1, -0.05) is 0 Å². The zero-order valence-electron chi connectivity index (χ0n) is 54.8. The van der Waals surface area contributed by atoms with Crippen LogP contribution in [0.25, 0.3) is 33.4 Å². The molecule has 0 spiro atoms. The van der Waals surface area contributed by atoms with E-state index in [0.29, 0.717) is 36.4 Å². The van der Waals surface area contributed by atoms with E-state index in [-0.39, 0.29) is 18.2 Å². The average molecular weight is 1570 g/mol. The number of carbonyl (C=O) groups is 8. The summed E-state index contributed by atoms with van der Waals surface area (Å²) in [7, 11) is 0. The van der Waals surface area contributed by atoms with Crippen LogP contribution in [0.15, 0.2) is 54.6 Å². The van der Waals surface area contributed by atoms with Gasteiger partial charge in [-0.05, 0) is 42.5 Å². The fourth-order valence-electron chi connectivity index (χ4n) is 12.6. The van der Waals surface area contributed by atoms with Gasteiger partial charge in [-0.25, -0.2) is 38.4 Å². The molecule has 0 radical (unpaired) electrons. The SMILES string of the molecule is O=C(O[C@@H]1[C@H]2OC(=O)c3cc(O)c(O)c(O)c3-c3c(cc(O)c(O)c3O)C(=O)OC[C@@H]2O[C@@H](O)[C@H]1OC(=O)c1cc(O)c(O)c(O)c1Oc1cc2c(c(O)c1O)-c1c(cc(O)c(O)c1O)C(=O)O[C@H]1[C@@H](OC2=O)[C@@H](O)O[C@@H]2COC(=O)c3cc(O)c(O)c(O)c3-c3c(cc(O)c(O)c3O)C(=O)O[C@@H]12)c1cc(O)c(O)c(O)c1. The standard InChI is InChI=1S/C68H48O44/c69-20-1-12(2-21(70)37(20)77)59(92)109-55-53-29(10-102-60(93)13-3-22(71)38(78)45(85)31(13)33-15(62(95)107-53)5-24(73)40(80)47(33)87)105-67(100)57(55)112-66(99)19-8-27(76)43(83)51(91)52(19)104-28-9-18-36(50(90)44(28)84)35-17(7-26(75)42(82)49(35)89)64(97)110-56-54-30(106-68(101)58(56)111-65(18)98)11-103-61(94)14-4-23(72)39(79)46(86)32(14)34-16(63(96)108-54)6-25(74)41(81)48(34)88/h1-9,29-30,53-58,67-91,100-101H,10-11H2/t29-,30+,53-,54+,55+,56+,57-,58+,67+,68-/m0/s1. The number of cyclic esters (lactones) is 2. The fraction of sp³-hybridized carbons (Fsp3) is 0.176. The number of rotatable bonds is 6. The lowest BCUT2D eigenvalue weighted by atomic mass is 9.91. The Balaban J connectivity index is 0.906. The Kier molecular flexibility index (Phi) is 18.1. The molecule has 5 aliphatic heterocycles. The zero-order chi connectivity index (χ0) is 81.5. The summed E-state index contributed by atoms with van der Waals surface area (Å²) in [4.78, 5) is 117. The minimum Gasteiger partial charge on any atom is -0.504 e. The molecule has 2 fully saturated rings. The Bertz CT molecular complexity index is 5480. The lowest BCUT2D eigenvalue weighted by molar-refractivity contribution is -0.284. The molecule has 44 nitrogen and oxygen atoms in total. The van der Waals surface area contributed by atoms with Crippen molar-refractivity contribution in [1.29, 1.82) is 0 Å². The number of ether oxygens (including phenoxy) is 11. The predicted octanol–water partition coefficient (Wildman–Crippen LogP) is 1.75. The predicted molar refractivity (Wildman–Crippen MR) is 344 cm³/mol. The minimum absolute atomic E-state index is 0.148. The van der Waals surface area contributed by atoms with Crippen molar-refractivity contribution in [3.05, 3.63) is 99.1 Å². The molecular weight excluding hydrogens is 1520 g/mol. The highest BCUT2D eigenvalue weighted by atomic mass is 16.7. The van der Waals surface area contributed by atoms with Gasteiger partial charge >= 0.3 is 47.8 Å². The van der Waals surface area contributed by atoms with Crippen LogP contribution >= 0.6 is 0 Å². The fourth-order valence-corrected chi connectivity index (χ4v) is 12.6. The Hall–Kier alpha value is -15.4. The van der Waals surface area contributed by atoms with Gasteiger partial charge in [0, 0.05) is 45.5 Å². The maximum Gasteiger partial charge on any atom is 0.342 e. The van der Waals surface area contributed by atoms with Gasteiger partial charge in [0.15, 0.2) is 147 Å². The van der Waals surface area contributed by atoms with Crippen molar-refractivity contribution < 1.29 is 218 Å². The van der Waals surface area contributed by atoms with Gasteiger partial charge in [0.2, 0.25) is 46.0 Å². The van der Waals surface area contributed by atoms with Crippen molar-refractivity contribution >= 4 is 47.8 Å². The van der Waals surface area contributed by atoms with Crippen molar-refractivity contribution in [2.24, 2.45) is 0 Å². The molecule has 8 aromatic carbocycles. The summed E-state index contributed by atoms with van der Waals surface area (Å²) in [5, 5.41) is 275. The van der Waals surface area contributed by atoms with Crippen LogP contribution in [-0.2, 0) is 47.4 Å². The number of benzene rings is 8. The first-order chi connectivity index (χ1) is 52.7. The second-order valence-electron chi connectivity index (χ2n) is 24.6. The van der Waals surface area contributed by atoms with E-state index in [1.54, 1.807) is 0 Å². The summed E-state index contributed by atoms with van der Waals surface area (Å²) in [6.07, 6.45) is -26.3. The van der Waals surface area contributed by atoms with Crippen molar-refractivity contribution in [1.82, 2.24) is 0 Å². The molecule has 5 aliphatic rings. The van der Waals surface area contributed by atoms with Crippen LogP contribution in [-0.4, -0.2) is 250 Å². The van der Waals surface area contributed by atoms with Crippen LogP contribution in [0.4, 0.5) is 0 Å². The molecule has 0 aromatic heterocycles. The normalized spacial score (nSPS) is 21.3. The molecule has 0 aliphatic carbocycles. The highest BCUT2D eigenvalue weighted by Gasteiger charge is 2.57. The van der Waals surface area contributed by atoms with Crippen LogP contribution in [0, 0.1) is 0 Å². The van der Waals surface area contributed by atoms with E-state index >= 15 is 4.79 Å². The monoisotopic (exact) mass is 1570 g/mol. The number of aliphatic hydroxyl groups excluding tert-OH is 2. The molecule has 44 heteroatoms. The van der Waals surface area contributed by atoms with Crippen LogP contribution in [0.2, 0.25) is 0 Å². The molecule has 8 aromatic rings. The first-order valence-electron chi connectivity index (χ1n) is 31.2. The van der Waals surface area contributed by atoms with Gasteiger partial charge in [-0.15, -0.1) is 0 Å². The Morgan fingerprint density at radius 3 is 1.04 bits per heavy atom. The summed E-state index contributed by atoms with van der Waals surface area (Å²) in [6.45, 7) is -2.69. The largest absolute Gasteiger partial charge is 0.504 e. The van der Waals surface area contributed by atoms with E-state index in [2.05, 4.69) is 0 Å². The van der Waals surface area contributed by atoms with Gasteiger partial charge in [0.1, 0.15) is 31.0 Å². The maximum absolute atomic E-state index is 15.1. The number of aromatic hydroxyl groups is 23. The van der Waals surface area contributed by atoms with Crippen molar-refractivity contribution in [2.45, 2.75) is 61.4 Å². The van der Waals surface area contributed by atoms with E-state index in [9.17, 15) is 161 Å². The second kappa shape index (κ2) is 27.1. The zero-order valence-corrected chi connectivity index (χ0v) is 54.8. The van der Waals surface area contributed by atoms with Gasteiger partial charge in [0.05, 0.1) is 38.9 Å². The van der Waals surface area contributed by atoms with Gasteiger partial charge in [-0.3, -0.25) is 0 Å². The van der Waals surface area contributed by atoms with Gasteiger partial charge in [-0.2, -0.15) is 0 Å². The van der Waals surface area contributed by atoms with Gasteiger partial charge < -0.3 is 180 Å². The lowest BCUT2D eigenvalue weighted by Gasteiger charge is -2.43. The molecule has 13 rings (SSSR count). The highest BCUT2D eigenvalue weighted by molar-refractivity contribution is 6.12. The Morgan fingerprint density at radius 1 is 0.304 bits per heavy atom. The number of phenolic OH excluding ortho intramolecular Hbond substituents is 23. The molecule has 2 saturated heterocycles. The smallest absolute Gasteiger partial charge is 0.342 e. The molecule has 0 unspecified atom stereocenters. The van der Waals surface area contributed by atoms with Crippen LogP contribution in [0.5, 0.6) is 144 Å². The van der Waals surface area contributed by atoms with E-state index in [0.717, 1.165) is 0 Å². The quantitative estimate of drug-likeness (QED) is 0.0640. The summed E-state index contributed by atoms with van der Waals surface area (Å²) in [5.74, 6) is -52.7. The van der Waals surface area contributed by atoms with E-state index in [4.69, 9.17) is 52.1 Å². The van der Waals surface area contributed by atoms with Crippen molar-refractivity contribution in [3.8, 4) is 177 Å². The topological polar surface area (TPSA) is 744 Å².